The van der Waals surface area contributed by atoms with Gasteiger partial charge >= 0.3 is 0 Å². The molecule has 1 saturated heterocycles. The highest BCUT2D eigenvalue weighted by Gasteiger charge is 2.44. The van der Waals surface area contributed by atoms with Gasteiger partial charge in [-0.15, -0.1) is 0 Å². The maximum absolute atomic E-state index is 12.7. The van der Waals surface area contributed by atoms with Crippen LogP contribution >= 0.6 is 0 Å². The average molecular weight is 489 g/mol. The Balaban J connectivity index is 1.40. The minimum atomic E-state index is -0.496. The first kappa shape index (κ1) is 23.9. The molecule has 4 atom stereocenters. The summed E-state index contributed by atoms with van der Waals surface area (Å²) in [6.07, 6.45) is 2.05. The molecule has 3 heterocycles. The molecule has 1 aliphatic rings. The first-order valence-electron chi connectivity index (χ1n) is 11.7. The van der Waals surface area contributed by atoms with Crippen LogP contribution in [-0.4, -0.2) is 51.3 Å². The molecule has 0 aliphatic carbocycles. The lowest BCUT2D eigenvalue weighted by molar-refractivity contribution is -0.0665. The van der Waals surface area contributed by atoms with Crippen LogP contribution in [0.5, 0.6) is 5.75 Å². The Labute approximate surface area is 208 Å². The van der Waals surface area contributed by atoms with Crippen molar-refractivity contribution in [3.05, 3.63) is 78.4 Å². The monoisotopic (exact) mass is 488 g/mol. The van der Waals surface area contributed by atoms with Crippen LogP contribution in [0.4, 0.5) is 5.82 Å². The first-order valence-corrected chi connectivity index (χ1v) is 11.7. The Hall–Kier alpha value is -3.86. The number of fused-ring (bicyclic) bond motifs is 1. The third-order valence-corrected chi connectivity index (χ3v) is 6.43. The van der Waals surface area contributed by atoms with Crippen molar-refractivity contribution in [1.29, 1.82) is 0 Å². The van der Waals surface area contributed by atoms with Crippen molar-refractivity contribution >= 4 is 22.9 Å². The molecule has 10 nitrogen and oxygen atoms in total. The zero-order chi connectivity index (χ0) is 25.1. The number of rotatable bonds is 8. The molecule has 0 radical (unpaired) electrons. The molecule has 10 heteroatoms. The number of imidazole rings is 1. The molecule has 2 aromatic carbocycles. The number of aromatic nitrogens is 4. The molecular weight excluding hydrogens is 460 g/mol. The number of ether oxygens (including phenoxy) is 3. The van der Waals surface area contributed by atoms with E-state index in [1.807, 2.05) is 34.9 Å². The van der Waals surface area contributed by atoms with Crippen molar-refractivity contribution in [3.63, 3.8) is 0 Å². The maximum atomic E-state index is 12.7. The van der Waals surface area contributed by atoms with Gasteiger partial charge in [0.2, 0.25) is 0 Å². The van der Waals surface area contributed by atoms with Gasteiger partial charge in [0.05, 0.1) is 26.1 Å². The van der Waals surface area contributed by atoms with E-state index in [2.05, 4.69) is 27.2 Å². The fourth-order valence-corrected chi connectivity index (χ4v) is 4.39. The largest absolute Gasteiger partial charge is 0.497 e. The normalized spacial score (nSPS) is 21.5. The van der Waals surface area contributed by atoms with E-state index in [0.29, 0.717) is 35.7 Å². The summed E-state index contributed by atoms with van der Waals surface area (Å²) in [5.74, 6) is 0.872. The van der Waals surface area contributed by atoms with Gasteiger partial charge < -0.3 is 25.3 Å². The van der Waals surface area contributed by atoms with E-state index < -0.39 is 6.23 Å². The number of anilines is 1. The van der Waals surface area contributed by atoms with Crippen molar-refractivity contribution in [2.75, 3.05) is 19.0 Å². The van der Waals surface area contributed by atoms with Gasteiger partial charge in [-0.2, -0.15) is 0 Å². The summed E-state index contributed by atoms with van der Waals surface area (Å²) in [5.41, 5.74) is 8.52. The zero-order valence-electron chi connectivity index (χ0n) is 20.1. The van der Waals surface area contributed by atoms with E-state index in [4.69, 9.17) is 19.9 Å². The van der Waals surface area contributed by atoms with Crippen molar-refractivity contribution in [1.82, 2.24) is 19.5 Å². The van der Waals surface area contributed by atoms with Crippen LogP contribution in [0.25, 0.3) is 11.2 Å². The molecule has 4 aromatic rings. The lowest BCUT2D eigenvalue weighted by atomic mass is 10.00. The van der Waals surface area contributed by atoms with Crippen molar-refractivity contribution < 1.29 is 19.0 Å². The molecule has 5 rings (SSSR count). The lowest BCUT2D eigenvalue weighted by Crippen LogP contribution is -2.30. The molecule has 0 spiro atoms. The van der Waals surface area contributed by atoms with E-state index >= 15 is 0 Å². The second-order valence-corrected chi connectivity index (χ2v) is 8.65. The number of nitrogens with zero attached hydrogens (tertiary/aromatic N) is 4. The standard InChI is InChI=1S/C26H28N6O4/c1-16-20(12-27)36-26(22(16)35-13-17-8-10-19(34-2)11-9-17)32-15-30-21-23(28-14-29-24(21)32)31-25(33)18-6-4-3-5-7-18/h3-11,14-16,20,22,26H,12-13,27H2,1-2H3,(H,28,29,31,33)/t16-,20-,22-,26-/m1/s1. The molecule has 3 N–H and O–H groups in total. The predicted molar refractivity (Wildman–Crippen MR) is 133 cm³/mol. The van der Waals surface area contributed by atoms with Crippen LogP contribution in [0, 0.1) is 5.92 Å². The van der Waals surface area contributed by atoms with Gasteiger partial charge in [0.1, 0.15) is 18.2 Å². The molecule has 0 saturated carbocycles. The molecular formula is C26H28N6O4. The Kier molecular flexibility index (Phi) is 6.90. The maximum Gasteiger partial charge on any atom is 0.256 e. The number of benzene rings is 2. The summed E-state index contributed by atoms with van der Waals surface area (Å²) in [6, 6.07) is 16.7. The van der Waals surface area contributed by atoms with Gasteiger partial charge in [0.15, 0.2) is 23.2 Å². The van der Waals surface area contributed by atoms with Gasteiger partial charge in [-0.05, 0) is 29.8 Å². The number of nitrogens with two attached hydrogens (primary N) is 1. The number of hydrogen-bond acceptors (Lipinski definition) is 8. The highest BCUT2D eigenvalue weighted by atomic mass is 16.6. The minimum Gasteiger partial charge on any atom is -0.497 e. The number of hydrogen-bond donors (Lipinski definition) is 2. The van der Waals surface area contributed by atoms with Crippen molar-refractivity contribution in [3.8, 4) is 5.75 Å². The zero-order valence-corrected chi connectivity index (χ0v) is 20.1. The van der Waals surface area contributed by atoms with Crippen LogP contribution in [0.3, 0.4) is 0 Å². The first-order chi connectivity index (χ1) is 17.6. The van der Waals surface area contributed by atoms with Crippen LogP contribution in [-0.2, 0) is 16.1 Å². The minimum absolute atomic E-state index is 0.0368. The average Bonchev–Trinajstić information content (AvgIpc) is 3.49. The number of methoxy groups -OCH3 is 1. The van der Waals surface area contributed by atoms with E-state index in [0.717, 1.165) is 11.3 Å². The number of carbonyl (C=O) groups excluding carboxylic acids is 1. The number of carbonyl (C=O) groups is 1. The fraction of sp³-hybridized carbons (Fsp3) is 0.308. The van der Waals surface area contributed by atoms with Gasteiger partial charge in [-0.1, -0.05) is 37.3 Å². The molecule has 0 bridgehead atoms. The quantitative estimate of drug-likeness (QED) is 0.387. The van der Waals surface area contributed by atoms with Gasteiger partial charge in [-0.25, -0.2) is 15.0 Å². The summed E-state index contributed by atoms with van der Waals surface area (Å²) >= 11 is 0. The Morgan fingerprint density at radius 2 is 1.89 bits per heavy atom. The fourth-order valence-electron chi connectivity index (χ4n) is 4.39. The van der Waals surface area contributed by atoms with E-state index in [-0.39, 0.29) is 24.0 Å². The van der Waals surface area contributed by atoms with Crippen LogP contribution in [0.1, 0.15) is 29.1 Å². The number of amides is 1. The second-order valence-electron chi connectivity index (χ2n) is 8.65. The van der Waals surface area contributed by atoms with Crippen LogP contribution in [0.15, 0.2) is 67.3 Å². The Morgan fingerprint density at radius 1 is 1.11 bits per heavy atom. The third kappa shape index (κ3) is 4.66. The number of nitrogens with one attached hydrogen (secondary N) is 1. The van der Waals surface area contributed by atoms with Gasteiger partial charge in [0, 0.05) is 18.0 Å². The summed E-state index contributed by atoms with van der Waals surface area (Å²) in [4.78, 5) is 25.9. The predicted octanol–water partition coefficient (Wildman–Crippen LogP) is 3.16. The molecule has 1 fully saturated rings. The Morgan fingerprint density at radius 3 is 2.61 bits per heavy atom. The summed E-state index contributed by atoms with van der Waals surface area (Å²) in [7, 11) is 1.64. The second kappa shape index (κ2) is 10.4. The molecule has 0 unspecified atom stereocenters. The van der Waals surface area contributed by atoms with E-state index in [1.54, 1.807) is 37.7 Å². The van der Waals surface area contributed by atoms with E-state index in [9.17, 15) is 4.79 Å². The molecule has 2 aromatic heterocycles. The summed E-state index contributed by atoms with van der Waals surface area (Å²) < 4.78 is 19.7. The lowest BCUT2D eigenvalue weighted by Gasteiger charge is -2.23. The summed E-state index contributed by atoms with van der Waals surface area (Å²) in [5, 5.41) is 2.83. The van der Waals surface area contributed by atoms with Crippen molar-refractivity contribution in [2.24, 2.45) is 11.7 Å². The van der Waals surface area contributed by atoms with Crippen LogP contribution in [0.2, 0.25) is 0 Å². The highest BCUT2D eigenvalue weighted by Crippen LogP contribution is 2.38. The van der Waals surface area contributed by atoms with Crippen molar-refractivity contribution in [2.45, 2.75) is 32.0 Å². The van der Waals surface area contributed by atoms with Gasteiger partial charge in [-0.3, -0.25) is 9.36 Å². The van der Waals surface area contributed by atoms with Crippen LogP contribution < -0.4 is 15.8 Å². The molecule has 1 aliphatic heterocycles. The third-order valence-electron chi connectivity index (χ3n) is 6.43. The van der Waals surface area contributed by atoms with Gasteiger partial charge in [0.25, 0.3) is 5.91 Å². The molecule has 1 amide bonds. The molecule has 186 valence electrons. The SMILES string of the molecule is COc1ccc(CO[C@@H]2[C@H](C)[C@@H](CN)O[C@H]2n2cnc3c(NC(=O)c4ccccc4)ncnc32)cc1. The van der Waals surface area contributed by atoms with E-state index in [1.165, 1.54) is 6.33 Å². The molecule has 36 heavy (non-hydrogen) atoms. The topological polar surface area (TPSA) is 126 Å². The highest BCUT2D eigenvalue weighted by molar-refractivity contribution is 6.06. The smallest absolute Gasteiger partial charge is 0.256 e. The summed E-state index contributed by atoms with van der Waals surface area (Å²) in [6.45, 7) is 2.83. The Bertz CT molecular complexity index is 1330.